The maximum absolute atomic E-state index is 15.1. The van der Waals surface area contributed by atoms with E-state index in [4.69, 9.17) is 5.73 Å². The van der Waals surface area contributed by atoms with Crippen LogP contribution >= 0.6 is 39.0 Å². The number of nitrogens with one attached hydrogen (secondary N) is 1. The first-order valence-corrected chi connectivity index (χ1v) is 14.6. The summed E-state index contributed by atoms with van der Waals surface area (Å²) in [6, 6.07) is 14.2. The highest BCUT2D eigenvalue weighted by atomic mass is 79.9. The van der Waals surface area contributed by atoms with Crippen LogP contribution in [0.3, 0.4) is 0 Å². The number of nitrogens with zero attached hydrogens (tertiary/aromatic N) is 4. The number of aromatic nitrogens is 2. The summed E-state index contributed by atoms with van der Waals surface area (Å²) in [7, 11) is 0. The van der Waals surface area contributed by atoms with Gasteiger partial charge in [-0.25, -0.2) is 4.39 Å². The van der Waals surface area contributed by atoms with Crippen molar-refractivity contribution in [1.82, 2.24) is 10.2 Å². The van der Waals surface area contributed by atoms with Crippen LogP contribution in [0.4, 0.5) is 15.2 Å². The van der Waals surface area contributed by atoms with Crippen LogP contribution in [0.1, 0.15) is 36.3 Å². The van der Waals surface area contributed by atoms with Gasteiger partial charge < -0.3 is 11.1 Å². The highest BCUT2D eigenvalue weighted by Crippen LogP contribution is 2.47. The fourth-order valence-electron chi connectivity index (χ4n) is 4.66. The summed E-state index contributed by atoms with van der Waals surface area (Å²) >= 11 is 5.68. The second-order valence-corrected chi connectivity index (χ2v) is 12.1. The molecule has 3 aromatic rings. The zero-order valence-corrected chi connectivity index (χ0v) is 23.9. The number of carbonyl (C=O) groups excluding carboxylic acids is 2. The lowest BCUT2D eigenvalue weighted by molar-refractivity contribution is -0.116. The first-order valence-electron chi connectivity index (χ1n) is 12.0. The van der Waals surface area contributed by atoms with E-state index in [1.165, 1.54) is 29.2 Å². The molecule has 2 aromatic carbocycles. The molecule has 0 saturated carbocycles. The lowest BCUT2D eigenvalue weighted by Gasteiger charge is -2.38. The van der Waals surface area contributed by atoms with Crippen molar-refractivity contribution in [2.75, 3.05) is 16.0 Å². The van der Waals surface area contributed by atoms with Crippen LogP contribution in [0, 0.1) is 24.1 Å². The Labute approximate surface area is 240 Å². The van der Waals surface area contributed by atoms with Crippen molar-refractivity contribution in [3.05, 3.63) is 86.5 Å². The lowest BCUT2D eigenvalue weighted by Crippen LogP contribution is -2.38. The molecule has 39 heavy (non-hydrogen) atoms. The molecule has 0 fully saturated rings. The van der Waals surface area contributed by atoms with Crippen LogP contribution in [0.2, 0.25) is 0 Å². The minimum atomic E-state index is -0.908. The number of nitrogens with two attached hydrogens (primary N) is 1. The number of amides is 1. The maximum atomic E-state index is 15.1. The van der Waals surface area contributed by atoms with Gasteiger partial charge >= 0.3 is 0 Å². The van der Waals surface area contributed by atoms with Crippen molar-refractivity contribution >= 4 is 61.5 Å². The number of Topliss-reactive ketones (excluding diaryl/α,β-unsaturated/α-hetero) is 1. The number of rotatable bonds is 6. The van der Waals surface area contributed by atoms with Gasteiger partial charge in [-0.3, -0.25) is 14.5 Å². The largest absolute Gasteiger partial charge is 0.384 e. The molecule has 0 bridgehead atoms. The van der Waals surface area contributed by atoms with Gasteiger partial charge in [0.25, 0.3) is 0 Å². The van der Waals surface area contributed by atoms with Crippen molar-refractivity contribution in [1.29, 1.82) is 5.26 Å². The van der Waals surface area contributed by atoms with Crippen molar-refractivity contribution in [2.45, 2.75) is 36.4 Å². The van der Waals surface area contributed by atoms with Gasteiger partial charge in [-0.2, -0.15) is 5.26 Å². The number of nitriles is 1. The molecule has 5 rings (SSSR count). The van der Waals surface area contributed by atoms with Crippen LogP contribution < -0.4 is 16.0 Å². The summed E-state index contributed by atoms with van der Waals surface area (Å²) in [5.41, 5.74) is 9.58. The maximum Gasteiger partial charge on any atom is 0.234 e. The van der Waals surface area contributed by atoms with Gasteiger partial charge in [0.1, 0.15) is 11.6 Å². The predicted octanol–water partition coefficient (Wildman–Crippen LogP) is 5.78. The number of carbonyl (C=O) groups is 2. The Morgan fingerprint density at radius 3 is 2.77 bits per heavy atom. The molecule has 3 N–H and O–H groups in total. The lowest BCUT2D eigenvalue weighted by atomic mass is 9.75. The van der Waals surface area contributed by atoms with E-state index in [0.717, 1.165) is 5.56 Å². The van der Waals surface area contributed by atoms with Crippen LogP contribution in [-0.2, 0) is 9.59 Å². The van der Waals surface area contributed by atoms with E-state index in [2.05, 4.69) is 37.5 Å². The first kappa shape index (κ1) is 27.1. The average molecular weight is 626 g/mol. The molecule has 12 heteroatoms. The van der Waals surface area contributed by atoms with E-state index in [9.17, 15) is 14.9 Å². The van der Waals surface area contributed by atoms with Gasteiger partial charge in [0, 0.05) is 33.4 Å². The molecule has 1 aromatic heterocycles. The summed E-state index contributed by atoms with van der Waals surface area (Å²) < 4.78 is 16.2. The predicted molar refractivity (Wildman–Crippen MR) is 152 cm³/mol. The molecule has 1 aliphatic heterocycles. The number of hydrogen-bond acceptors (Lipinski definition) is 9. The van der Waals surface area contributed by atoms with Crippen molar-refractivity contribution in [3.8, 4) is 6.07 Å². The SMILES string of the molecule is Cc1ccc(NC(=O)CSc2nnc(N3C(N)=C(C#N)C(c4ccc(Br)cc4F)C4=C3CCCC4=O)s2)cc1. The third kappa shape index (κ3) is 5.48. The van der Waals surface area contributed by atoms with E-state index in [0.29, 0.717) is 50.2 Å². The summed E-state index contributed by atoms with van der Waals surface area (Å²) in [6.07, 6.45) is 1.40. The van der Waals surface area contributed by atoms with Gasteiger partial charge in [0.2, 0.25) is 11.0 Å². The van der Waals surface area contributed by atoms with Crippen LogP contribution in [-0.4, -0.2) is 27.6 Å². The van der Waals surface area contributed by atoms with E-state index in [-0.39, 0.29) is 34.4 Å². The number of thioether (sulfide) groups is 1. The first-order chi connectivity index (χ1) is 18.8. The van der Waals surface area contributed by atoms with E-state index >= 15 is 4.39 Å². The molecule has 8 nitrogen and oxygen atoms in total. The highest BCUT2D eigenvalue weighted by molar-refractivity contribution is 9.10. The molecule has 0 saturated heterocycles. The summed E-state index contributed by atoms with van der Waals surface area (Å²) in [5.74, 6) is -1.58. The fraction of sp³-hybridized carbons (Fsp3) is 0.222. The second-order valence-electron chi connectivity index (χ2n) is 9.04. The van der Waals surface area contributed by atoms with Crippen molar-refractivity contribution in [3.63, 3.8) is 0 Å². The van der Waals surface area contributed by atoms with E-state index < -0.39 is 11.7 Å². The number of aryl methyl sites for hydroxylation is 1. The van der Waals surface area contributed by atoms with Crippen LogP contribution in [0.15, 0.2) is 73.9 Å². The minimum Gasteiger partial charge on any atom is -0.384 e. The molecule has 2 heterocycles. The van der Waals surface area contributed by atoms with Gasteiger partial charge in [-0.1, -0.05) is 62.8 Å². The summed E-state index contributed by atoms with van der Waals surface area (Å²) in [5, 5.41) is 21.8. The molecule has 0 radical (unpaired) electrons. The Hall–Kier alpha value is -3.53. The molecule has 1 aliphatic carbocycles. The number of halogens is 2. The Balaban J connectivity index is 1.43. The monoisotopic (exact) mass is 624 g/mol. The molecule has 1 atom stereocenters. The Bertz CT molecular complexity index is 1580. The van der Waals surface area contributed by atoms with Crippen molar-refractivity contribution in [2.24, 2.45) is 5.73 Å². The topological polar surface area (TPSA) is 125 Å². The smallest absolute Gasteiger partial charge is 0.234 e. The molecule has 1 amide bonds. The number of benzene rings is 2. The van der Waals surface area contributed by atoms with Crippen molar-refractivity contribution < 1.29 is 14.0 Å². The van der Waals surface area contributed by atoms with E-state index in [1.807, 2.05) is 31.2 Å². The quantitative estimate of drug-likeness (QED) is 0.330. The van der Waals surface area contributed by atoms with Gasteiger partial charge in [-0.15, -0.1) is 10.2 Å². The highest BCUT2D eigenvalue weighted by Gasteiger charge is 2.42. The number of allylic oxidation sites excluding steroid dienone is 3. The molecule has 2 aliphatic rings. The molecule has 1 unspecified atom stereocenters. The number of ketones is 1. The molecular weight excluding hydrogens is 603 g/mol. The van der Waals surface area contributed by atoms with Gasteiger partial charge in [-0.05, 0) is 44.0 Å². The van der Waals surface area contributed by atoms with Crippen LogP contribution in [0.5, 0.6) is 0 Å². The fourth-order valence-corrected chi connectivity index (χ4v) is 6.68. The number of anilines is 2. The normalized spacial score (nSPS) is 17.2. The third-order valence-electron chi connectivity index (χ3n) is 6.44. The summed E-state index contributed by atoms with van der Waals surface area (Å²) in [4.78, 5) is 27.2. The third-order valence-corrected chi connectivity index (χ3v) is 8.97. The average Bonchev–Trinajstić information content (AvgIpc) is 3.37. The van der Waals surface area contributed by atoms with Gasteiger partial charge in [0.15, 0.2) is 10.1 Å². The van der Waals surface area contributed by atoms with Crippen LogP contribution in [0.25, 0.3) is 0 Å². The Morgan fingerprint density at radius 2 is 2.05 bits per heavy atom. The zero-order chi connectivity index (χ0) is 27.7. The molecular formula is C27H22BrFN6O2S2. The number of hydrogen-bond donors (Lipinski definition) is 2. The van der Waals surface area contributed by atoms with E-state index in [1.54, 1.807) is 17.0 Å². The molecule has 0 spiro atoms. The van der Waals surface area contributed by atoms with Gasteiger partial charge in [0.05, 0.1) is 23.3 Å². The second kappa shape index (κ2) is 11.3. The minimum absolute atomic E-state index is 0.0760. The Kier molecular flexibility index (Phi) is 7.83. The summed E-state index contributed by atoms with van der Waals surface area (Å²) in [6.45, 7) is 1.97. The Morgan fingerprint density at radius 1 is 1.28 bits per heavy atom. The zero-order valence-electron chi connectivity index (χ0n) is 20.7. The molecule has 198 valence electrons. The standard InChI is InChI=1S/C27H22BrFN6O2S2/c1-14-5-8-16(9-6-14)32-22(37)13-38-27-34-33-26(39-27)35-20-3-2-4-21(36)24(20)23(18(12-30)25(35)31)17-10-7-15(28)11-19(17)29/h5-11,23H,2-4,13,31H2,1H3,(H,32,37).